The van der Waals surface area contributed by atoms with Crippen molar-refractivity contribution in [2.45, 2.75) is 45.4 Å². The molecule has 3 heteroatoms. The summed E-state index contributed by atoms with van der Waals surface area (Å²) in [7, 11) is 0. The number of hydrogen-bond acceptors (Lipinski definition) is 2. The lowest BCUT2D eigenvalue weighted by molar-refractivity contribution is -0.140. The van der Waals surface area contributed by atoms with Crippen molar-refractivity contribution in [3.8, 4) is 0 Å². The van der Waals surface area contributed by atoms with E-state index in [2.05, 4.69) is 10.3 Å². The molecule has 1 aromatic heterocycles. The molecule has 4 bridgehead atoms. The maximum absolute atomic E-state index is 12.8. The predicted octanol–water partition coefficient (Wildman–Crippen LogP) is 3.54. The van der Waals surface area contributed by atoms with Crippen LogP contribution in [0.2, 0.25) is 0 Å². The number of hydrogen-bond donors (Lipinski definition) is 1. The van der Waals surface area contributed by atoms with Crippen molar-refractivity contribution >= 4 is 11.7 Å². The number of rotatable bonds is 2. The van der Waals surface area contributed by atoms with Crippen molar-refractivity contribution < 1.29 is 4.79 Å². The monoisotopic (exact) mass is 270 g/mol. The Labute approximate surface area is 120 Å². The molecule has 1 aromatic rings. The Hall–Kier alpha value is -1.38. The summed E-state index contributed by atoms with van der Waals surface area (Å²) < 4.78 is 0. The molecule has 4 aliphatic rings. The highest BCUT2D eigenvalue weighted by Crippen LogP contribution is 2.60. The summed E-state index contributed by atoms with van der Waals surface area (Å²) >= 11 is 0. The minimum Gasteiger partial charge on any atom is -0.310 e. The van der Waals surface area contributed by atoms with Gasteiger partial charge in [0, 0.05) is 6.20 Å². The van der Waals surface area contributed by atoms with E-state index in [0.717, 1.165) is 42.6 Å². The number of carbonyl (C=O) groups is 1. The summed E-state index contributed by atoms with van der Waals surface area (Å²) in [6.07, 6.45) is 9.25. The molecule has 5 rings (SSSR count). The molecular weight excluding hydrogens is 248 g/mol. The number of aryl methyl sites for hydroxylation is 1. The largest absolute Gasteiger partial charge is 0.310 e. The first-order valence-corrected chi connectivity index (χ1v) is 7.87. The van der Waals surface area contributed by atoms with Crippen LogP contribution in [0.3, 0.4) is 0 Å². The van der Waals surface area contributed by atoms with E-state index in [1.165, 1.54) is 19.3 Å². The fraction of sp³-hybridized carbons (Fsp3) is 0.647. The van der Waals surface area contributed by atoms with E-state index in [4.69, 9.17) is 0 Å². The van der Waals surface area contributed by atoms with Crippen LogP contribution in [-0.4, -0.2) is 10.9 Å². The van der Waals surface area contributed by atoms with Gasteiger partial charge in [-0.05, 0) is 74.8 Å². The van der Waals surface area contributed by atoms with E-state index in [1.54, 1.807) is 0 Å². The third-order valence-corrected chi connectivity index (χ3v) is 5.67. The zero-order valence-electron chi connectivity index (χ0n) is 12.1. The predicted molar refractivity (Wildman–Crippen MR) is 78.2 cm³/mol. The van der Waals surface area contributed by atoms with Crippen LogP contribution in [0.15, 0.2) is 18.3 Å². The number of nitrogens with zero attached hydrogens (tertiary/aromatic N) is 1. The molecule has 0 atom stereocenters. The summed E-state index contributed by atoms with van der Waals surface area (Å²) in [5.41, 5.74) is 1.04. The second-order valence-electron chi connectivity index (χ2n) is 7.37. The van der Waals surface area contributed by atoms with Gasteiger partial charge in [-0.15, -0.1) is 0 Å². The average Bonchev–Trinajstić information content (AvgIpc) is 2.40. The summed E-state index contributed by atoms with van der Waals surface area (Å²) in [4.78, 5) is 17.1. The normalized spacial score (nSPS) is 38.0. The van der Waals surface area contributed by atoms with Crippen LogP contribution < -0.4 is 5.32 Å². The molecule has 20 heavy (non-hydrogen) atoms. The van der Waals surface area contributed by atoms with Gasteiger partial charge in [-0.1, -0.05) is 6.07 Å². The SMILES string of the molecule is Cc1ccc(NC(=O)C23CC4CC(CC(C4)C2)C3)nc1. The molecule has 0 aliphatic heterocycles. The lowest BCUT2D eigenvalue weighted by Crippen LogP contribution is -2.51. The standard InChI is InChI=1S/C17H22N2O/c1-11-2-3-15(18-10-11)19-16(20)17-7-12-4-13(8-17)6-14(5-12)9-17/h2-3,10,12-14H,4-9H2,1H3,(H,18,19,20). The Morgan fingerprint density at radius 3 is 2.25 bits per heavy atom. The van der Waals surface area contributed by atoms with Crippen molar-refractivity contribution in [3.63, 3.8) is 0 Å². The van der Waals surface area contributed by atoms with Gasteiger partial charge in [0.1, 0.15) is 5.82 Å². The van der Waals surface area contributed by atoms with Gasteiger partial charge in [-0.2, -0.15) is 0 Å². The second kappa shape index (κ2) is 4.31. The zero-order chi connectivity index (χ0) is 13.7. The van der Waals surface area contributed by atoms with E-state index in [9.17, 15) is 4.79 Å². The van der Waals surface area contributed by atoms with E-state index in [0.29, 0.717) is 5.82 Å². The van der Waals surface area contributed by atoms with Gasteiger partial charge < -0.3 is 5.32 Å². The molecule has 1 heterocycles. The fourth-order valence-electron chi connectivity index (χ4n) is 5.18. The van der Waals surface area contributed by atoms with Gasteiger partial charge in [0.05, 0.1) is 5.41 Å². The smallest absolute Gasteiger partial charge is 0.231 e. The number of nitrogens with one attached hydrogen (secondary N) is 1. The molecule has 3 nitrogen and oxygen atoms in total. The van der Waals surface area contributed by atoms with Crippen LogP contribution in [0.5, 0.6) is 0 Å². The minimum absolute atomic E-state index is 0.0820. The number of amides is 1. The minimum atomic E-state index is -0.0820. The third kappa shape index (κ3) is 1.95. The highest BCUT2D eigenvalue weighted by Gasteiger charge is 2.54. The van der Waals surface area contributed by atoms with Gasteiger partial charge in [0.15, 0.2) is 0 Å². The van der Waals surface area contributed by atoms with Crippen molar-refractivity contribution in [1.82, 2.24) is 4.98 Å². The average molecular weight is 270 g/mol. The molecule has 0 saturated heterocycles. The highest BCUT2D eigenvalue weighted by molar-refractivity contribution is 5.94. The van der Waals surface area contributed by atoms with E-state index in [-0.39, 0.29) is 11.3 Å². The number of carbonyl (C=O) groups excluding carboxylic acids is 1. The van der Waals surface area contributed by atoms with Gasteiger partial charge in [0.2, 0.25) is 5.91 Å². The Bertz CT molecular complexity index is 499. The second-order valence-corrected chi connectivity index (χ2v) is 7.37. The lowest BCUT2D eigenvalue weighted by Gasteiger charge is -2.55. The van der Waals surface area contributed by atoms with Gasteiger partial charge in [0.25, 0.3) is 0 Å². The molecule has 4 fully saturated rings. The quantitative estimate of drug-likeness (QED) is 0.893. The van der Waals surface area contributed by atoms with Crippen LogP contribution in [-0.2, 0) is 4.79 Å². The number of pyridine rings is 1. The Balaban J connectivity index is 1.54. The number of anilines is 1. The summed E-state index contributed by atoms with van der Waals surface area (Å²) in [6, 6.07) is 3.91. The van der Waals surface area contributed by atoms with Gasteiger partial charge in [-0.25, -0.2) is 4.98 Å². The highest BCUT2D eigenvalue weighted by atomic mass is 16.2. The molecule has 0 spiro atoms. The summed E-state index contributed by atoms with van der Waals surface area (Å²) in [5, 5.41) is 3.08. The van der Waals surface area contributed by atoms with E-state index >= 15 is 0 Å². The molecule has 1 amide bonds. The first-order valence-electron chi connectivity index (χ1n) is 7.87. The van der Waals surface area contributed by atoms with Crippen molar-refractivity contribution in [3.05, 3.63) is 23.9 Å². The van der Waals surface area contributed by atoms with Crippen molar-refractivity contribution in [1.29, 1.82) is 0 Å². The number of aromatic nitrogens is 1. The van der Waals surface area contributed by atoms with Crippen LogP contribution >= 0.6 is 0 Å². The van der Waals surface area contributed by atoms with Gasteiger partial charge >= 0.3 is 0 Å². The van der Waals surface area contributed by atoms with Crippen LogP contribution in [0.25, 0.3) is 0 Å². The molecule has 1 N–H and O–H groups in total. The molecule has 0 aromatic carbocycles. The molecule has 106 valence electrons. The Kier molecular flexibility index (Phi) is 2.66. The zero-order valence-corrected chi connectivity index (χ0v) is 12.1. The van der Waals surface area contributed by atoms with Crippen molar-refractivity contribution in [2.24, 2.45) is 23.2 Å². The molecule has 0 unspecified atom stereocenters. The first kappa shape index (κ1) is 12.4. The molecule has 4 aliphatic carbocycles. The van der Waals surface area contributed by atoms with E-state index < -0.39 is 0 Å². The molecule has 0 radical (unpaired) electrons. The Morgan fingerprint density at radius 2 is 1.75 bits per heavy atom. The first-order chi connectivity index (χ1) is 9.63. The van der Waals surface area contributed by atoms with Crippen molar-refractivity contribution in [2.75, 3.05) is 5.32 Å². The third-order valence-electron chi connectivity index (χ3n) is 5.67. The lowest BCUT2D eigenvalue weighted by atomic mass is 9.49. The summed E-state index contributed by atoms with van der Waals surface area (Å²) in [6.45, 7) is 2.01. The van der Waals surface area contributed by atoms with Crippen LogP contribution in [0.1, 0.15) is 44.1 Å². The fourth-order valence-corrected chi connectivity index (χ4v) is 5.18. The van der Waals surface area contributed by atoms with Gasteiger partial charge in [-0.3, -0.25) is 4.79 Å². The maximum Gasteiger partial charge on any atom is 0.231 e. The molecule has 4 saturated carbocycles. The maximum atomic E-state index is 12.8. The van der Waals surface area contributed by atoms with Crippen LogP contribution in [0, 0.1) is 30.1 Å². The van der Waals surface area contributed by atoms with Crippen LogP contribution in [0.4, 0.5) is 5.82 Å². The topological polar surface area (TPSA) is 42.0 Å². The summed E-state index contributed by atoms with van der Waals surface area (Å²) in [5.74, 6) is 3.35. The van der Waals surface area contributed by atoms with E-state index in [1.807, 2.05) is 25.3 Å². The molecular formula is C17H22N2O. The Morgan fingerprint density at radius 1 is 1.15 bits per heavy atom.